The Morgan fingerprint density at radius 3 is 2.88 bits per heavy atom. The van der Waals surface area contributed by atoms with Crippen LogP contribution < -0.4 is 10.9 Å². The number of thioether (sulfide) groups is 1. The third kappa shape index (κ3) is 2.52. The van der Waals surface area contributed by atoms with Gasteiger partial charge in [0, 0.05) is 24.0 Å². The molecule has 0 fully saturated rings. The van der Waals surface area contributed by atoms with Crippen LogP contribution in [-0.2, 0) is 6.54 Å². The van der Waals surface area contributed by atoms with Gasteiger partial charge in [-0.15, -0.1) is 0 Å². The Labute approximate surface area is 104 Å². The first-order chi connectivity index (χ1) is 7.88. The Morgan fingerprint density at radius 2 is 2.24 bits per heavy atom. The molecule has 0 saturated heterocycles. The number of carbonyl (C=O) groups excluding carboxylic acids is 1. The number of fused-ring (bicyclic) bond motifs is 1. The largest absolute Gasteiger partial charge is 0.347 e. The molecule has 1 N–H and O–H groups in total. The van der Waals surface area contributed by atoms with E-state index in [1.165, 1.54) is 18.0 Å². The average molecular weight is 253 g/mol. The molecule has 1 aromatic heterocycles. The lowest BCUT2D eigenvalue weighted by atomic mass is 10.1. The fourth-order valence-corrected chi connectivity index (χ4v) is 2.49. The van der Waals surface area contributed by atoms with Crippen molar-refractivity contribution in [2.24, 2.45) is 0 Å². The number of hydrogen-bond acceptors (Lipinski definition) is 4. The van der Waals surface area contributed by atoms with E-state index in [1.807, 2.05) is 20.8 Å². The zero-order valence-electron chi connectivity index (χ0n) is 10.1. The van der Waals surface area contributed by atoms with E-state index in [9.17, 15) is 9.59 Å². The van der Waals surface area contributed by atoms with Crippen molar-refractivity contribution >= 4 is 17.7 Å². The standard InChI is InChI=1S/C11H15N3O2S/c1-11(2,3)13-8(15)7-6-12-10-14(9(7)16)4-5-17-10/h6H,4-5H2,1-3H3,(H,13,15). The maximum absolute atomic E-state index is 12.0. The molecule has 6 heteroatoms. The van der Waals surface area contributed by atoms with Gasteiger partial charge in [0.05, 0.1) is 0 Å². The first kappa shape index (κ1) is 12.2. The Bertz CT molecular complexity index is 516. The molecule has 1 aliphatic heterocycles. The zero-order valence-corrected chi connectivity index (χ0v) is 10.9. The highest BCUT2D eigenvalue weighted by Gasteiger charge is 2.22. The molecule has 2 heterocycles. The molecule has 1 amide bonds. The zero-order chi connectivity index (χ0) is 12.6. The normalized spacial score (nSPS) is 14.5. The number of nitrogens with zero attached hydrogens (tertiary/aromatic N) is 2. The monoisotopic (exact) mass is 253 g/mol. The molecule has 17 heavy (non-hydrogen) atoms. The molecule has 0 unspecified atom stereocenters. The van der Waals surface area contributed by atoms with Crippen LogP contribution in [0.3, 0.4) is 0 Å². The van der Waals surface area contributed by atoms with Gasteiger partial charge in [0.1, 0.15) is 5.56 Å². The van der Waals surface area contributed by atoms with Gasteiger partial charge < -0.3 is 5.32 Å². The first-order valence-corrected chi connectivity index (χ1v) is 6.42. The third-order valence-electron chi connectivity index (χ3n) is 2.29. The number of carbonyl (C=O) groups is 1. The first-order valence-electron chi connectivity index (χ1n) is 5.43. The highest BCUT2D eigenvalue weighted by Crippen LogP contribution is 2.20. The van der Waals surface area contributed by atoms with E-state index in [4.69, 9.17) is 0 Å². The second kappa shape index (κ2) is 4.18. The number of hydrogen-bond donors (Lipinski definition) is 1. The molecule has 1 aromatic rings. The van der Waals surface area contributed by atoms with Gasteiger partial charge in [0.2, 0.25) is 0 Å². The van der Waals surface area contributed by atoms with Crippen molar-refractivity contribution in [3.05, 3.63) is 22.1 Å². The van der Waals surface area contributed by atoms with Gasteiger partial charge in [-0.2, -0.15) is 0 Å². The molecule has 5 nitrogen and oxygen atoms in total. The summed E-state index contributed by atoms with van der Waals surface area (Å²) in [6.45, 7) is 6.25. The molecular weight excluding hydrogens is 238 g/mol. The van der Waals surface area contributed by atoms with E-state index in [2.05, 4.69) is 10.3 Å². The lowest BCUT2D eigenvalue weighted by molar-refractivity contribution is 0.0916. The quantitative estimate of drug-likeness (QED) is 0.755. The minimum atomic E-state index is -0.359. The van der Waals surface area contributed by atoms with Gasteiger partial charge in [-0.05, 0) is 20.8 Å². The highest BCUT2D eigenvalue weighted by atomic mass is 32.2. The van der Waals surface area contributed by atoms with Crippen LogP contribution in [0.2, 0.25) is 0 Å². The maximum atomic E-state index is 12.0. The molecule has 0 radical (unpaired) electrons. The molecule has 0 saturated carbocycles. The van der Waals surface area contributed by atoms with Crippen molar-refractivity contribution in [3.63, 3.8) is 0 Å². The Hall–Kier alpha value is -1.30. The molecule has 0 aromatic carbocycles. The van der Waals surface area contributed by atoms with Crippen LogP contribution in [0.4, 0.5) is 0 Å². The fraction of sp³-hybridized carbons (Fsp3) is 0.545. The second-order valence-corrected chi connectivity index (χ2v) is 6.03. The van der Waals surface area contributed by atoms with Crippen molar-refractivity contribution in [3.8, 4) is 0 Å². The van der Waals surface area contributed by atoms with Crippen molar-refractivity contribution in [2.75, 3.05) is 5.75 Å². The van der Waals surface area contributed by atoms with Gasteiger partial charge in [-0.3, -0.25) is 14.2 Å². The van der Waals surface area contributed by atoms with Crippen LogP contribution in [0.1, 0.15) is 31.1 Å². The number of amides is 1. The Kier molecular flexibility index (Phi) is 2.99. The summed E-state index contributed by atoms with van der Waals surface area (Å²) in [5.41, 5.74) is -0.491. The van der Waals surface area contributed by atoms with E-state index in [1.54, 1.807) is 4.57 Å². The van der Waals surface area contributed by atoms with Crippen LogP contribution in [0.5, 0.6) is 0 Å². The number of nitrogens with one attached hydrogen (secondary N) is 1. The summed E-state index contributed by atoms with van der Waals surface area (Å²) >= 11 is 1.54. The molecular formula is C11H15N3O2S. The van der Waals surface area contributed by atoms with Crippen LogP contribution in [0, 0.1) is 0 Å². The summed E-state index contributed by atoms with van der Waals surface area (Å²) in [6, 6.07) is 0. The van der Waals surface area contributed by atoms with Crippen LogP contribution >= 0.6 is 11.8 Å². The number of aromatic nitrogens is 2. The van der Waals surface area contributed by atoms with Crippen LogP contribution in [0.25, 0.3) is 0 Å². The molecule has 0 atom stereocenters. The van der Waals surface area contributed by atoms with E-state index < -0.39 is 0 Å². The summed E-state index contributed by atoms with van der Waals surface area (Å²) in [4.78, 5) is 28.1. The predicted molar refractivity (Wildman–Crippen MR) is 66.4 cm³/mol. The molecule has 0 bridgehead atoms. The minimum Gasteiger partial charge on any atom is -0.347 e. The smallest absolute Gasteiger partial charge is 0.267 e. The van der Waals surface area contributed by atoms with Crippen LogP contribution in [-0.4, -0.2) is 26.8 Å². The lowest BCUT2D eigenvalue weighted by Gasteiger charge is -2.20. The van der Waals surface area contributed by atoms with Gasteiger partial charge in [0.25, 0.3) is 11.5 Å². The number of rotatable bonds is 1. The molecule has 2 rings (SSSR count). The molecule has 1 aliphatic rings. The summed E-state index contributed by atoms with van der Waals surface area (Å²) in [6.07, 6.45) is 1.37. The summed E-state index contributed by atoms with van der Waals surface area (Å²) in [7, 11) is 0. The van der Waals surface area contributed by atoms with Crippen molar-refractivity contribution in [1.29, 1.82) is 0 Å². The van der Waals surface area contributed by atoms with E-state index in [-0.39, 0.29) is 22.6 Å². The van der Waals surface area contributed by atoms with Gasteiger partial charge in [-0.1, -0.05) is 11.8 Å². The second-order valence-electron chi connectivity index (χ2n) is 4.96. The van der Waals surface area contributed by atoms with Crippen molar-refractivity contribution in [2.45, 2.75) is 38.0 Å². The lowest BCUT2D eigenvalue weighted by Crippen LogP contribution is -2.43. The van der Waals surface area contributed by atoms with Crippen molar-refractivity contribution in [1.82, 2.24) is 14.9 Å². The predicted octanol–water partition coefficient (Wildman–Crippen LogP) is 0.877. The third-order valence-corrected chi connectivity index (χ3v) is 3.26. The fourth-order valence-electron chi connectivity index (χ4n) is 1.58. The maximum Gasteiger partial charge on any atom is 0.267 e. The summed E-state index contributed by atoms with van der Waals surface area (Å²) < 4.78 is 1.56. The highest BCUT2D eigenvalue weighted by molar-refractivity contribution is 7.99. The molecule has 92 valence electrons. The topological polar surface area (TPSA) is 64.0 Å². The van der Waals surface area contributed by atoms with E-state index in [0.717, 1.165) is 5.75 Å². The van der Waals surface area contributed by atoms with Gasteiger partial charge >= 0.3 is 0 Å². The Balaban J connectivity index is 2.35. The minimum absolute atomic E-state index is 0.117. The Morgan fingerprint density at radius 1 is 1.53 bits per heavy atom. The molecule has 0 spiro atoms. The molecule has 0 aliphatic carbocycles. The van der Waals surface area contributed by atoms with Crippen molar-refractivity contribution < 1.29 is 4.79 Å². The average Bonchev–Trinajstić information content (AvgIpc) is 2.63. The summed E-state index contributed by atoms with van der Waals surface area (Å²) in [5.74, 6) is 0.481. The van der Waals surface area contributed by atoms with E-state index >= 15 is 0 Å². The SMILES string of the molecule is CC(C)(C)NC(=O)c1cnc2n(c1=O)CCS2. The van der Waals surface area contributed by atoms with Gasteiger partial charge in [-0.25, -0.2) is 4.98 Å². The van der Waals surface area contributed by atoms with Crippen LogP contribution in [0.15, 0.2) is 16.1 Å². The van der Waals surface area contributed by atoms with E-state index in [0.29, 0.717) is 11.7 Å². The van der Waals surface area contributed by atoms with Gasteiger partial charge in [0.15, 0.2) is 5.16 Å². The summed E-state index contributed by atoms with van der Waals surface area (Å²) in [5, 5.41) is 3.46.